The average Bonchev–Trinajstić information content (AvgIpc) is 2.77. The molecule has 1 unspecified atom stereocenters. The third kappa shape index (κ3) is 3.95. The van der Waals surface area contributed by atoms with Crippen molar-refractivity contribution in [2.45, 2.75) is 46.6 Å². The number of rotatable bonds is 7. The maximum atomic E-state index is 7.59. The molecule has 1 aliphatic heterocycles. The highest BCUT2D eigenvalue weighted by molar-refractivity contribution is 5.82. The smallest absolute Gasteiger partial charge is 0.0963 e. The van der Waals surface area contributed by atoms with Crippen molar-refractivity contribution in [2.75, 3.05) is 32.7 Å². The van der Waals surface area contributed by atoms with Gasteiger partial charge in [-0.05, 0) is 39.0 Å². The van der Waals surface area contributed by atoms with E-state index in [1.165, 1.54) is 19.5 Å². The van der Waals surface area contributed by atoms with Gasteiger partial charge in [0.2, 0.25) is 0 Å². The maximum Gasteiger partial charge on any atom is 0.0963 e. The van der Waals surface area contributed by atoms with Crippen molar-refractivity contribution in [1.29, 1.82) is 5.41 Å². The van der Waals surface area contributed by atoms with Gasteiger partial charge in [0.25, 0.3) is 0 Å². The monoisotopic (exact) mass is 254 g/mol. The van der Waals surface area contributed by atoms with E-state index in [-0.39, 0.29) is 5.41 Å². The summed E-state index contributed by atoms with van der Waals surface area (Å²) in [5, 5.41) is 7.59. The summed E-state index contributed by atoms with van der Waals surface area (Å²) in [7, 11) is 0. The number of likely N-dealkylation sites (N-methyl/N-ethyl adjacent to an activating group) is 1. The number of amidine groups is 1. The largest absolute Gasteiger partial charge is 0.387 e. The molecule has 0 spiro atoms. The van der Waals surface area contributed by atoms with E-state index in [1.54, 1.807) is 0 Å². The molecule has 0 aromatic heterocycles. The Balaban J connectivity index is 2.37. The Hall–Kier alpha value is -0.610. The van der Waals surface area contributed by atoms with E-state index in [0.29, 0.717) is 5.84 Å². The molecule has 4 nitrogen and oxygen atoms in total. The van der Waals surface area contributed by atoms with Gasteiger partial charge in [0.15, 0.2) is 0 Å². The fourth-order valence-electron chi connectivity index (χ4n) is 2.63. The molecule has 1 saturated heterocycles. The van der Waals surface area contributed by atoms with E-state index in [9.17, 15) is 0 Å². The first-order chi connectivity index (χ1) is 8.40. The number of nitrogens with two attached hydrogens (primary N) is 1. The van der Waals surface area contributed by atoms with E-state index in [0.717, 1.165) is 32.1 Å². The second kappa shape index (κ2) is 6.53. The third-order valence-electron chi connectivity index (χ3n) is 4.36. The number of hydrogen-bond acceptors (Lipinski definition) is 3. The van der Waals surface area contributed by atoms with Gasteiger partial charge in [-0.2, -0.15) is 0 Å². The van der Waals surface area contributed by atoms with Crippen LogP contribution in [-0.2, 0) is 0 Å². The minimum absolute atomic E-state index is 0.159. The fourth-order valence-corrected chi connectivity index (χ4v) is 2.63. The van der Waals surface area contributed by atoms with Crippen molar-refractivity contribution < 1.29 is 0 Å². The standard InChI is InChI=1S/C14H30N4/c1-5-18(6-2)12-7-9-17(11-12)10-8-14(3,4)13(15)16/h12H,5-11H2,1-4H3,(H3,15,16). The molecule has 0 amide bonds. The molecule has 1 aliphatic rings. The molecule has 0 bridgehead atoms. The van der Waals surface area contributed by atoms with Crippen LogP contribution < -0.4 is 5.73 Å². The summed E-state index contributed by atoms with van der Waals surface area (Å²) in [5.41, 5.74) is 5.47. The molecule has 1 rings (SSSR count). The van der Waals surface area contributed by atoms with Crippen LogP contribution in [0.5, 0.6) is 0 Å². The average molecular weight is 254 g/mol. The topological polar surface area (TPSA) is 56.4 Å². The second-order valence-electron chi connectivity index (χ2n) is 6.01. The van der Waals surface area contributed by atoms with E-state index < -0.39 is 0 Å². The number of nitrogens with zero attached hydrogens (tertiary/aromatic N) is 2. The highest BCUT2D eigenvalue weighted by Gasteiger charge is 2.28. The molecule has 1 heterocycles. The van der Waals surface area contributed by atoms with Gasteiger partial charge in [0.05, 0.1) is 5.84 Å². The van der Waals surface area contributed by atoms with Gasteiger partial charge in [-0.3, -0.25) is 10.3 Å². The van der Waals surface area contributed by atoms with Crippen molar-refractivity contribution in [2.24, 2.45) is 11.1 Å². The third-order valence-corrected chi connectivity index (χ3v) is 4.36. The molecule has 0 aliphatic carbocycles. The molecule has 18 heavy (non-hydrogen) atoms. The van der Waals surface area contributed by atoms with Gasteiger partial charge in [0, 0.05) is 18.0 Å². The molecule has 4 heteroatoms. The number of likely N-dealkylation sites (tertiary alicyclic amines) is 1. The van der Waals surface area contributed by atoms with Gasteiger partial charge >= 0.3 is 0 Å². The van der Waals surface area contributed by atoms with Crippen LogP contribution in [0.15, 0.2) is 0 Å². The first kappa shape index (κ1) is 15.4. The lowest BCUT2D eigenvalue weighted by Gasteiger charge is -2.28. The minimum atomic E-state index is -0.159. The molecular weight excluding hydrogens is 224 g/mol. The summed E-state index contributed by atoms with van der Waals surface area (Å²) < 4.78 is 0. The fraction of sp³-hybridized carbons (Fsp3) is 0.929. The highest BCUT2D eigenvalue weighted by atomic mass is 15.2. The lowest BCUT2D eigenvalue weighted by Crippen LogP contribution is -2.38. The summed E-state index contributed by atoms with van der Waals surface area (Å²) in [6.07, 6.45) is 2.26. The number of nitrogens with one attached hydrogen (secondary N) is 1. The zero-order valence-corrected chi connectivity index (χ0v) is 12.5. The van der Waals surface area contributed by atoms with Gasteiger partial charge in [0.1, 0.15) is 0 Å². The predicted octanol–water partition coefficient (Wildman–Crippen LogP) is 1.75. The van der Waals surface area contributed by atoms with Crippen molar-refractivity contribution in [3.8, 4) is 0 Å². The minimum Gasteiger partial charge on any atom is -0.387 e. The Morgan fingerprint density at radius 3 is 2.50 bits per heavy atom. The summed E-state index contributed by atoms with van der Waals surface area (Å²) in [5.74, 6) is 0.307. The summed E-state index contributed by atoms with van der Waals surface area (Å²) in [4.78, 5) is 5.07. The molecular formula is C14H30N4. The molecule has 1 atom stereocenters. The van der Waals surface area contributed by atoms with E-state index in [1.807, 2.05) is 0 Å². The summed E-state index contributed by atoms with van der Waals surface area (Å²) >= 11 is 0. The number of hydrogen-bond donors (Lipinski definition) is 2. The van der Waals surface area contributed by atoms with Gasteiger partial charge in [-0.1, -0.05) is 27.7 Å². The Labute approximate surface area is 112 Å². The van der Waals surface area contributed by atoms with Crippen molar-refractivity contribution in [3.63, 3.8) is 0 Å². The van der Waals surface area contributed by atoms with Crippen LogP contribution in [0.1, 0.15) is 40.5 Å². The van der Waals surface area contributed by atoms with Crippen LogP contribution in [0.4, 0.5) is 0 Å². The second-order valence-corrected chi connectivity index (χ2v) is 6.01. The molecule has 1 fully saturated rings. The molecule has 106 valence electrons. The highest BCUT2D eigenvalue weighted by Crippen LogP contribution is 2.22. The Morgan fingerprint density at radius 1 is 1.39 bits per heavy atom. The van der Waals surface area contributed by atoms with Crippen molar-refractivity contribution >= 4 is 5.84 Å². The van der Waals surface area contributed by atoms with Crippen LogP contribution >= 0.6 is 0 Å². The Kier molecular flexibility index (Phi) is 5.60. The first-order valence-electron chi connectivity index (χ1n) is 7.21. The lowest BCUT2D eigenvalue weighted by atomic mass is 9.88. The van der Waals surface area contributed by atoms with Crippen LogP contribution in [0, 0.1) is 10.8 Å². The van der Waals surface area contributed by atoms with Crippen LogP contribution in [0.3, 0.4) is 0 Å². The van der Waals surface area contributed by atoms with Gasteiger partial charge in [-0.15, -0.1) is 0 Å². The Bertz CT molecular complexity index is 271. The predicted molar refractivity (Wildman–Crippen MR) is 78.1 cm³/mol. The summed E-state index contributed by atoms with van der Waals surface area (Å²) in [6.45, 7) is 14.3. The first-order valence-corrected chi connectivity index (χ1v) is 7.21. The van der Waals surface area contributed by atoms with Crippen LogP contribution in [0.2, 0.25) is 0 Å². The Morgan fingerprint density at radius 2 is 2.00 bits per heavy atom. The molecule has 0 aromatic rings. The molecule has 0 radical (unpaired) electrons. The van der Waals surface area contributed by atoms with Gasteiger partial charge < -0.3 is 10.6 Å². The van der Waals surface area contributed by atoms with E-state index >= 15 is 0 Å². The SMILES string of the molecule is CCN(CC)C1CCN(CCC(C)(C)C(=N)N)C1. The van der Waals surface area contributed by atoms with Gasteiger partial charge in [-0.25, -0.2) is 0 Å². The van der Waals surface area contributed by atoms with Crippen LogP contribution in [-0.4, -0.2) is 54.4 Å². The zero-order valence-electron chi connectivity index (χ0n) is 12.5. The van der Waals surface area contributed by atoms with Crippen molar-refractivity contribution in [1.82, 2.24) is 9.80 Å². The molecule has 3 N–H and O–H groups in total. The molecule has 0 saturated carbocycles. The van der Waals surface area contributed by atoms with E-state index in [2.05, 4.69) is 37.5 Å². The van der Waals surface area contributed by atoms with E-state index in [4.69, 9.17) is 11.1 Å². The maximum absolute atomic E-state index is 7.59. The normalized spacial score (nSPS) is 21.7. The summed E-state index contributed by atoms with van der Waals surface area (Å²) in [6, 6.07) is 0.723. The van der Waals surface area contributed by atoms with Crippen molar-refractivity contribution in [3.05, 3.63) is 0 Å². The van der Waals surface area contributed by atoms with Crippen LogP contribution in [0.25, 0.3) is 0 Å². The zero-order chi connectivity index (χ0) is 13.8. The molecule has 0 aromatic carbocycles. The quantitative estimate of drug-likeness (QED) is 0.537. The lowest BCUT2D eigenvalue weighted by molar-refractivity contribution is 0.206.